The molecule has 3 heterocycles. The summed E-state index contributed by atoms with van der Waals surface area (Å²) in [6, 6.07) is 10.8. The number of nitrogens with zero attached hydrogens (tertiary/aromatic N) is 2. The van der Waals surface area contributed by atoms with Gasteiger partial charge in [-0.25, -0.2) is 4.79 Å². The molecule has 1 fully saturated rings. The Kier molecular flexibility index (Phi) is 5.58. The van der Waals surface area contributed by atoms with Crippen molar-refractivity contribution in [1.82, 2.24) is 4.90 Å². The Hall–Kier alpha value is -2.86. The van der Waals surface area contributed by atoms with Gasteiger partial charge in [0.1, 0.15) is 22.7 Å². The molecule has 6 nitrogen and oxygen atoms in total. The zero-order valence-electron chi connectivity index (χ0n) is 15.7. The summed E-state index contributed by atoms with van der Waals surface area (Å²) >= 11 is 0. The summed E-state index contributed by atoms with van der Waals surface area (Å²) in [4.78, 5) is 19.1. The van der Waals surface area contributed by atoms with Crippen molar-refractivity contribution in [2.24, 2.45) is 4.99 Å². The van der Waals surface area contributed by atoms with E-state index in [1.165, 1.54) is 19.1 Å². The molecule has 1 N–H and O–H groups in total. The summed E-state index contributed by atoms with van der Waals surface area (Å²) in [6.07, 6.45) is 7.91. The third-order valence-corrected chi connectivity index (χ3v) is 5.27. The number of hydrogen-bond acceptors (Lipinski definition) is 6. The molecular formula is C22H24N2O4. The van der Waals surface area contributed by atoms with E-state index < -0.39 is 5.63 Å². The van der Waals surface area contributed by atoms with Gasteiger partial charge in [0, 0.05) is 6.21 Å². The maximum Gasteiger partial charge on any atom is 0.348 e. The van der Waals surface area contributed by atoms with E-state index in [2.05, 4.69) is 9.89 Å². The Labute approximate surface area is 163 Å². The van der Waals surface area contributed by atoms with E-state index >= 15 is 0 Å². The zero-order chi connectivity index (χ0) is 19.3. The van der Waals surface area contributed by atoms with Gasteiger partial charge in [0.25, 0.3) is 0 Å². The number of aromatic hydroxyl groups is 1. The average molecular weight is 380 g/mol. The molecule has 1 aromatic carbocycles. The normalized spacial score (nSPS) is 17.1. The summed E-state index contributed by atoms with van der Waals surface area (Å²) in [7, 11) is 0. The molecule has 146 valence electrons. The Balaban J connectivity index is 1.59. The van der Waals surface area contributed by atoms with E-state index in [0.29, 0.717) is 17.5 Å². The van der Waals surface area contributed by atoms with Crippen molar-refractivity contribution < 1.29 is 13.9 Å². The third kappa shape index (κ3) is 3.87. The number of fused-ring (bicyclic) bond motifs is 1. The largest absolute Gasteiger partial charge is 0.506 e. The Morgan fingerprint density at radius 2 is 1.89 bits per heavy atom. The molecule has 1 aliphatic heterocycles. The number of benzene rings is 1. The lowest BCUT2D eigenvalue weighted by Crippen LogP contribution is -2.31. The van der Waals surface area contributed by atoms with Crippen LogP contribution in [0.1, 0.15) is 43.0 Å². The molecule has 4 rings (SSSR count). The monoisotopic (exact) mass is 380 g/mol. The lowest BCUT2D eigenvalue weighted by atomic mass is 10.1. The van der Waals surface area contributed by atoms with Crippen molar-refractivity contribution in [3.05, 3.63) is 64.4 Å². The molecule has 0 spiro atoms. The predicted molar refractivity (Wildman–Crippen MR) is 108 cm³/mol. The van der Waals surface area contributed by atoms with Crippen molar-refractivity contribution in [2.45, 2.75) is 31.7 Å². The van der Waals surface area contributed by atoms with Gasteiger partial charge in [-0.3, -0.25) is 9.89 Å². The van der Waals surface area contributed by atoms with Crippen LogP contribution >= 0.6 is 0 Å². The Bertz CT molecular complexity index is 999. The van der Waals surface area contributed by atoms with Crippen LogP contribution in [0.2, 0.25) is 0 Å². The molecule has 0 saturated carbocycles. The second kappa shape index (κ2) is 8.44. The first-order chi connectivity index (χ1) is 13.7. The molecule has 0 aliphatic carbocycles. The number of para-hydroxylation sites is 1. The van der Waals surface area contributed by atoms with Crippen molar-refractivity contribution in [3.8, 4) is 5.75 Å². The van der Waals surface area contributed by atoms with Crippen molar-refractivity contribution in [2.75, 3.05) is 19.6 Å². The van der Waals surface area contributed by atoms with Gasteiger partial charge in [-0.1, -0.05) is 25.0 Å². The number of rotatable bonds is 5. The van der Waals surface area contributed by atoms with Crippen molar-refractivity contribution >= 4 is 17.2 Å². The molecule has 1 unspecified atom stereocenters. The fourth-order valence-corrected chi connectivity index (χ4v) is 3.78. The van der Waals surface area contributed by atoms with Crippen LogP contribution < -0.4 is 5.63 Å². The van der Waals surface area contributed by atoms with Gasteiger partial charge < -0.3 is 13.9 Å². The van der Waals surface area contributed by atoms with Gasteiger partial charge in [-0.15, -0.1) is 0 Å². The molecule has 1 saturated heterocycles. The second-order valence-electron chi connectivity index (χ2n) is 7.12. The van der Waals surface area contributed by atoms with Crippen LogP contribution in [0.15, 0.2) is 61.3 Å². The second-order valence-corrected chi connectivity index (χ2v) is 7.12. The smallest absolute Gasteiger partial charge is 0.348 e. The first-order valence-electron chi connectivity index (χ1n) is 9.76. The first kappa shape index (κ1) is 18.5. The highest BCUT2D eigenvalue weighted by molar-refractivity contribution is 5.93. The molecular weight excluding hydrogens is 356 g/mol. The minimum Gasteiger partial charge on any atom is -0.506 e. The zero-order valence-corrected chi connectivity index (χ0v) is 15.7. The van der Waals surface area contributed by atoms with Crippen molar-refractivity contribution in [3.63, 3.8) is 0 Å². The van der Waals surface area contributed by atoms with Crippen LogP contribution in [0.4, 0.5) is 0 Å². The first-order valence-corrected chi connectivity index (χ1v) is 9.76. The lowest BCUT2D eigenvalue weighted by Gasteiger charge is -2.27. The van der Waals surface area contributed by atoms with Crippen molar-refractivity contribution in [1.29, 1.82) is 0 Å². The molecule has 0 radical (unpaired) electrons. The van der Waals surface area contributed by atoms with Crippen LogP contribution in [-0.4, -0.2) is 35.9 Å². The minimum absolute atomic E-state index is 0.0130. The highest BCUT2D eigenvalue weighted by atomic mass is 16.4. The maximum atomic E-state index is 12.3. The molecule has 2 aromatic heterocycles. The molecule has 3 aromatic rings. The average Bonchev–Trinajstić information content (AvgIpc) is 3.10. The van der Waals surface area contributed by atoms with Gasteiger partial charge >= 0.3 is 5.63 Å². The molecule has 28 heavy (non-hydrogen) atoms. The summed E-state index contributed by atoms with van der Waals surface area (Å²) in [5, 5.41) is 11.0. The van der Waals surface area contributed by atoms with Gasteiger partial charge in [0.05, 0.1) is 24.2 Å². The SMILES string of the molecule is O=c1oc2ccccc2c(O)c1C=NCC(c1ccco1)N1CCCCCC1. The van der Waals surface area contributed by atoms with Gasteiger partial charge in [-0.05, 0) is 50.2 Å². The third-order valence-electron chi connectivity index (χ3n) is 5.27. The standard InChI is InChI=1S/C22H24N2O4/c25-21-16-8-3-4-9-19(16)28-22(26)17(21)14-23-15-18(20-10-7-13-27-20)24-11-5-1-2-6-12-24/h3-4,7-10,13-14,18,25H,1-2,5-6,11-12,15H2. The van der Waals surface area contributed by atoms with Gasteiger partial charge in [0.15, 0.2) is 0 Å². The minimum atomic E-state index is -0.593. The maximum absolute atomic E-state index is 12.3. The van der Waals surface area contributed by atoms with Gasteiger partial charge in [0.2, 0.25) is 0 Å². The van der Waals surface area contributed by atoms with Crippen LogP contribution in [0.25, 0.3) is 11.0 Å². The lowest BCUT2D eigenvalue weighted by molar-refractivity contribution is 0.186. The van der Waals surface area contributed by atoms with E-state index in [0.717, 1.165) is 31.7 Å². The van der Waals surface area contributed by atoms with Gasteiger partial charge in [-0.2, -0.15) is 0 Å². The van der Waals surface area contributed by atoms with Crippen LogP contribution in [0.3, 0.4) is 0 Å². The molecule has 6 heteroatoms. The fraction of sp³-hybridized carbons (Fsp3) is 0.364. The van der Waals surface area contributed by atoms with Crippen LogP contribution in [0.5, 0.6) is 5.75 Å². The fourth-order valence-electron chi connectivity index (χ4n) is 3.78. The quantitative estimate of drug-likeness (QED) is 0.532. The van der Waals surface area contributed by atoms with E-state index in [-0.39, 0.29) is 17.4 Å². The Morgan fingerprint density at radius 1 is 1.11 bits per heavy atom. The molecule has 1 aliphatic rings. The Morgan fingerprint density at radius 3 is 2.64 bits per heavy atom. The highest BCUT2D eigenvalue weighted by Crippen LogP contribution is 2.27. The van der Waals surface area contributed by atoms with E-state index in [1.54, 1.807) is 30.5 Å². The summed E-state index contributed by atoms with van der Waals surface area (Å²) in [5.74, 6) is 0.772. The van der Waals surface area contributed by atoms with E-state index in [4.69, 9.17) is 8.83 Å². The topological polar surface area (TPSA) is 79.2 Å². The van der Waals surface area contributed by atoms with Crippen LogP contribution in [-0.2, 0) is 0 Å². The van der Waals surface area contributed by atoms with Crippen LogP contribution in [0, 0.1) is 0 Å². The number of aliphatic imine (C=N–C) groups is 1. The number of likely N-dealkylation sites (tertiary alicyclic amines) is 1. The highest BCUT2D eigenvalue weighted by Gasteiger charge is 2.23. The predicted octanol–water partition coefficient (Wildman–Crippen LogP) is 4.13. The summed E-state index contributed by atoms with van der Waals surface area (Å²) in [5.41, 5.74) is -0.155. The van der Waals surface area contributed by atoms with E-state index in [1.807, 2.05) is 12.1 Å². The summed E-state index contributed by atoms with van der Waals surface area (Å²) < 4.78 is 11.0. The number of hydrogen-bond donors (Lipinski definition) is 1. The molecule has 0 bridgehead atoms. The number of furan rings is 1. The summed E-state index contributed by atoms with van der Waals surface area (Å²) in [6.45, 7) is 2.45. The molecule has 0 amide bonds. The van der Waals surface area contributed by atoms with E-state index in [9.17, 15) is 9.90 Å². The molecule has 1 atom stereocenters.